The highest BCUT2D eigenvalue weighted by Crippen LogP contribution is 2.30. The van der Waals surface area contributed by atoms with Crippen molar-refractivity contribution in [2.75, 3.05) is 19.8 Å². The van der Waals surface area contributed by atoms with Crippen LogP contribution in [0.25, 0.3) is 0 Å². The summed E-state index contributed by atoms with van der Waals surface area (Å²) < 4.78 is 11.1. The third-order valence-corrected chi connectivity index (χ3v) is 4.06. The Hall–Kier alpha value is -2.83. The first-order valence-corrected chi connectivity index (χ1v) is 9.05. The Morgan fingerprint density at radius 3 is 2.48 bits per heavy atom. The van der Waals surface area contributed by atoms with Crippen molar-refractivity contribution in [2.45, 2.75) is 39.5 Å². The summed E-state index contributed by atoms with van der Waals surface area (Å²) in [6.07, 6.45) is 1.52. The van der Waals surface area contributed by atoms with Crippen molar-refractivity contribution in [2.24, 2.45) is 4.99 Å². The van der Waals surface area contributed by atoms with E-state index in [-0.39, 0.29) is 23.5 Å². The SMILES string of the molecule is CCOc1ccc(C/C(O)=C2\C(=O)CCCC2=NCC(=O)O)cc1OCC. The predicted octanol–water partition coefficient (Wildman–Crippen LogP) is 3.12. The van der Waals surface area contributed by atoms with E-state index in [2.05, 4.69) is 4.99 Å². The van der Waals surface area contributed by atoms with Gasteiger partial charge < -0.3 is 19.7 Å². The maximum Gasteiger partial charge on any atom is 0.325 e. The van der Waals surface area contributed by atoms with Crippen molar-refractivity contribution in [1.29, 1.82) is 0 Å². The van der Waals surface area contributed by atoms with Crippen molar-refractivity contribution in [3.05, 3.63) is 35.1 Å². The second-order valence-corrected chi connectivity index (χ2v) is 6.08. The van der Waals surface area contributed by atoms with E-state index < -0.39 is 12.5 Å². The molecule has 1 aromatic rings. The van der Waals surface area contributed by atoms with E-state index >= 15 is 0 Å². The minimum absolute atomic E-state index is 0.101. The van der Waals surface area contributed by atoms with Crippen LogP contribution in [-0.4, -0.2) is 47.4 Å². The lowest BCUT2D eigenvalue weighted by molar-refractivity contribution is -0.135. The number of aliphatic hydroxyl groups is 1. The molecule has 0 aromatic heterocycles. The summed E-state index contributed by atoms with van der Waals surface area (Å²) in [4.78, 5) is 27.1. The number of ketones is 1. The number of aliphatic carboxylic acids is 1. The maximum atomic E-state index is 12.3. The first kappa shape index (κ1) is 20.5. The fourth-order valence-electron chi connectivity index (χ4n) is 2.96. The minimum atomic E-state index is -1.08. The summed E-state index contributed by atoms with van der Waals surface area (Å²) in [5, 5.41) is 19.4. The lowest BCUT2D eigenvalue weighted by Gasteiger charge is -2.18. The van der Waals surface area contributed by atoms with Gasteiger partial charge in [0.05, 0.1) is 18.8 Å². The first-order chi connectivity index (χ1) is 13.0. The molecule has 0 atom stereocenters. The van der Waals surface area contributed by atoms with Gasteiger partial charge in [0.1, 0.15) is 12.3 Å². The molecule has 7 nitrogen and oxygen atoms in total. The van der Waals surface area contributed by atoms with Crippen LogP contribution in [0.3, 0.4) is 0 Å². The third kappa shape index (κ3) is 5.57. The van der Waals surface area contributed by atoms with Gasteiger partial charge in [-0.3, -0.25) is 14.6 Å². The zero-order chi connectivity index (χ0) is 19.8. The number of hydrogen-bond donors (Lipinski definition) is 2. The Morgan fingerprint density at radius 2 is 1.81 bits per heavy atom. The number of ether oxygens (including phenoxy) is 2. The minimum Gasteiger partial charge on any atom is -0.511 e. The Kier molecular flexibility index (Phi) is 7.40. The fourth-order valence-corrected chi connectivity index (χ4v) is 2.96. The first-order valence-electron chi connectivity index (χ1n) is 9.05. The number of carbonyl (C=O) groups excluding carboxylic acids is 1. The molecule has 1 aliphatic carbocycles. The second-order valence-electron chi connectivity index (χ2n) is 6.08. The number of hydrogen-bond acceptors (Lipinski definition) is 6. The zero-order valence-electron chi connectivity index (χ0n) is 15.7. The number of carboxylic acids is 1. The summed E-state index contributed by atoms with van der Waals surface area (Å²) in [6.45, 7) is 4.31. The number of benzene rings is 1. The molecular formula is C20H25NO6. The highest BCUT2D eigenvalue weighted by molar-refractivity contribution is 6.24. The molecule has 1 aromatic carbocycles. The highest BCUT2D eigenvalue weighted by atomic mass is 16.5. The van der Waals surface area contributed by atoms with Crippen LogP contribution >= 0.6 is 0 Å². The fraction of sp³-hybridized carbons (Fsp3) is 0.450. The largest absolute Gasteiger partial charge is 0.511 e. The Balaban J connectivity index is 2.32. The van der Waals surface area contributed by atoms with Crippen molar-refractivity contribution in [1.82, 2.24) is 0 Å². The highest BCUT2D eigenvalue weighted by Gasteiger charge is 2.25. The van der Waals surface area contributed by atoms with Gasteiger partial charge in [0.2, 0.25) is 0 Å². The normalized spacial score (nSPS) is 17.7. The lowest BCUT2D eigenvalue weighted by atomic mass is 9.89. The molecule has 1 saturated carbocycles. The van der Waals surface area contributed by atoms with Crippen LogP contribution < -0.4 is 9.47 Å². The average Bonchev–Trinajstić information content (AvgIpc) is 2.62. The van der Waals surface area contributed by atoms with E-state index in [1.54, 1.807) is 18.2 Å². The molecule has 0 heterocycles. The van der Waals surface area contributed by atoms with Gasteiger partial charge in [-0.05, 0) is 44.4 Å². The molecule has 2 rings (SSSR count). The van der Waals surface area contributed by atoms with E-state index in [4.69, 9.17) is 14.6 Å². The quantitative estimate of drug-likeness (QED) is 0.534. The van der Waals surface area contributed by atoms with Crippen LogP contribution in [0.2, 0.25) is 0 Å². The number of aliphatic hydroxyl groups excluding tert-OH is 1. The van der Waals surface area contributed by atoms with Crippen LogP contribution in [-0.2, 0) is 16.0 Å². The molecule has 0 amide bonds. The van der Waals surface area contributed by atoms with Gasteiger partial charge in [-0.2, -0.15) is 0 Å². The predicted molar refractivity (Wildman–Crippen MR) is 101 cm³/mol. The summed E-state index contributed by atoms with van der Waals surface area (Å²) in [5.74, 6) is -0.196. The molecule has 1 fully saturated rings. The Labute approximate surface area is 158 Å². The van der Waals surface area contributed by atoms with Gasteiger partial charge in [-0.1, -0.05) is 6.07 Å². The molecule has 0 bridgehead atoms. The van der Waals surface area contributed by atoms with Crippen LogP contribution in [0.1, 0.15) is 38.7 Å². The van der Waals surface area contributed by atoms with Crippen LogP contribution in [0.5, 0.6) is 11.5 Å². The van der Waals surface area contributed by atoms with E-state index in [0.717, 1.165) is 5.56 Å². The van der Waals surface area contributed by atoms with E-state index in [9.17, 15) is 14.7 Å². The number of carbonyl (C=O) groups is 2. The van der Waals surface area contributed by atoms with Gasteiger partial charge >= 0.3 is 5.97 Å². The van der Waals surface area contributed by atoms with Crippen molar-refractivity contribution < 1.29 is 29.3 Å². The lowest BCUT2D eigenvalue weighted by Crippen LogP contribution is -2.23. The molecule has 146 valence electrons. The van der Waals surface area contributed by atoms with E-state index in [1.165, 1.54) is 0 Å². The summed E-state index contributed by atoms with van der Waals surface area (Å²) >= 11 is 0. The summed E-state index contributed by atoms with van der Waals surface area (Å²) in [7, 11) is 0. The van der Waals surface area contributed by atoms with Crippen LogP contribution in [0.4, 0.5) is 0 Å². The number of nitrogens with zero attached hydrogens (tertiary/aromatic N) is 1. The molecule has 0 saturated heterocycles. The summed E-state index contributed by atoms with van der Waals surface area (Å²) in [6, 6.07) is 5.34. The number of aliphatic imine (C=N–C) groups is 1. The molecule has 0 aliphatic heterocycles. The number of allylic oxidation sites excluding steroid dienone is 2. The molecule has 0 unspecified atom stereocenters. The summed E-state index contributed by atoms with van der Waals surface area (Å²) in [5.41, 5.74) is 1.26. The Morgan fingerprint density at radius 1 is 1.11 bits per heavy atom. The molecule has 7 heteroatoms. The standard InChI is InChI=1S/C20H25NO6/c1-3-26-17-9-8-13(11-18(17)27-4-2)10-16(23)20-14(21-12-19(24)25)6-5-7-15(20)22/h8-9,11,23H,3-7,10,12H2,1-2H3,(H,24,25)/b20-16+,21-14?. The Bertz CT molecular complexity index is 766. The van der Waals surface area contributed by atoms with E-state index in [0.29, 0.717) is 49.7 Å². The van der Waals surface area contributed by atoms with Crippen LogP contribution in [0, 0.1) is 0 Å². The molecule has 27 heavy (non-hydrogen) atoms. The molecule has 1 aliphatic rings. The van der Waals surface area contributed by atoms with Gasteiger partial charge in [-0.25, -0.2) is 0 Å². The van der Waals surface area contributed by atoms with Gasteiger partial charge in [0.15, 0.2) is 17.3 Å². The molecule has 0 spiro atoms. The van der Waals surface area contributed by atoms with Crippen molar-refractivity contribution in [3.63, 3.8) is 0 Å². The third-order valence-electron chi connectivity index (χ3n) is 4.06. The van der Waals surface area contributed by atoms with Gasteiger partial charge in [-0.15, -0.1) is 0 Å². The molecular weight excluding hydrogens is 350 g/mol. The monoisotopic (exact) mass is 375 g/mol. The number of Topliss-reactive ketones (excluding diaryl/α,β-unsaturated/α-hetero) is 1. The maximum absolute atomic E-state index is 12.3. The van der Waals surface area contributed by atoms with Crippen molar-refractivity contribution >= 4 is 17.5 Å². The average molecular weight is 375 g/mol. The number of carboxylic acid groups (broad SMARTS) is 1. The van der Waals surface area contributed by atoms with Gasteiger partial charge in [0.25, 0.3) is 0 Å². The van der Waals surface area contributed by atoms with Crippen molar-refractivity contribution in [3.8, 4) is 11.5 Å². The van der Waals surface area contributed by atoms with Gasteiger partial charge in [0, 0.05) is 18.6 Å². The van der Waals surface area contributed by atoms with E-state index in [1.807, 2.05) is 13.8 Å². The van der Waals surface area contributed by atoms with Crippen LogP contribution in [0.15, 0.2) is 34.5 Å². The zero-order valence-corrected chi connectivity index (χ0v) is 15.7. The molecule has 2 N–H and O–H groups in total. The number of rotatable bonds is 8. The smallest absolute Gasteiger partial charge is 0.325 e. The molecule has 0 radical (unpaired) electrons. The topological polar surface area (TPSA) is 105 Å². The second kappa shape index (κ2) is 9.75.